The fourth-order valence-corrected chi connectivity index (χ4v) is 3.78. The lowest BCUT2D eigenvalue weighted by Gasteiger charge is -2.35. The summed E-state index contributed by atoms with van der Waals surface area (Å²) in [6.07, 6.45) is 0.943. The topological polar surface area (TPSA) is 23.5 Å². The van der Waals surface area contributed by atoms with E-state index in [-0.39, 0.29) is 10.9 Å². The molecule has 2 nitrogen and oxygen atoms in total. The number of aromatic hydroxyl groups is 1. The molecule has 1 heterocycles. The molecule has 3 heteroatoms. The molecule has 2 unspecified atom stereocenters. The molecular formula is C19H24ClNO. The molecule has 2 aromatic carbocycles. The quantitative estimate of drug-likeness (QED) is 0.763. The van der Waals surface area contributed by atoms with Crippen LogP contribution in [0.15, 0.2) is 30.3 Å². The number of halogens is 1. The number of hydrogen-bond acceptors (Lipinski definition) is 2. The maximum Gasteiger partial charge on any atom is 0.125 e. The number of alkyl halides is 1. The third-order valence-electron chi connectivity index (χ3n) is 4.72. The van der Waals surface area contributed by atoms with Crippen LogP contribution in [0.2, 0.25) is 0 Å². The minimum Gasteiger partial charge on any atom is -0.507 e. The highest BCUT2D eigenvalue weighted by Gasteiger charge is 2.39. The van der Waals surface area contributed by atoms with E-state index in [9.17, 15) is 5.11 Å². The van der Waals surface area contributed by atoms with Gasteiger partial charge in [0, 0.05) is 40.5 Å². The van der Waals surface area contributed by atoms with E-state index in [0.29, 0.717) is 11.7 Å². The molecule has 2 atom stereocenters. The zero-order valence-corrected chi connectivity index (χ0v) is 14.5. The average molecular weight is 318 g/mol. The van der Waals surface area contributed by atoms with Crippen LogP contribution in [0.25, 0.3) is 10.8 Å². The first kappa shape index (κ1) is 15.5. The Morgan fingerprint density at radius 3 is 2.50 bits per heavy atom. The Balaban J connectivity index is 2.29. The Labute approximate surface area is 137 Å². The highest BCUT2D eigenvalue weighted by Crippen LogP contribution is 2.49. The summed E-state index contributed by atoms with van der Waals surface area (Å²) < 4.78 is 0. The Kier molecular flexibility index (Phi) is 3.76. The first-order chi connectivity index (χ1) is 10.3. The maximum absolute atomic E-state index is 10.4. The summed E-state index contributed by atoms with van der Waals surface area (Å²) in [4.78, 5) is 2.38. The van der Waals surface area contributed by atoms with Gasteiger partial charge >= 0.3 is 0 Å². The fraction of sp³-hybridized carbons (Fsp3) is 0.474. The molecule has 0 amide bonds. The molecule has 2 aromatic rings. The summed E-state index contributed by atoms with van der Waals surface area (Å²) in [7, 11) is 0. The van der Waals surface area contributed by atoms with E-state index >= 15 is 0 Å². The predicted molar refractivity (Wildman–Crippen MR) is 95.4 cm³/mol. The number of phenolic OH excluding ortho intramolecular Hbond substituents is 1. The van der Waals surface area contributed by atoms with E-state index in [2.05, 4.69) is 38.7 Å². The van der Waals surface area contributed by atoms with Crippen LogP contribution in [-0.2, 0) is 0 Å². The van der Waals surface area contributed by atoms with E-state index in [1.807, 2.05) is 24.3 Å². The van der Waals surface area contributed by atoms with E-state index in [4.69, 9.17) is 11.6 Å². The molecule has 1 aliphatic rings. The normalized spacial score (nSPS) is 19.5. The van der Waals surface area contributed by atoms with E-state index in [1.165, 1.54) is 5.56 Å². The summed E-state index contributed by atoms with van der Waals surface area (Å²) in [5, 5.41) is 12.6. The van der Waals surface area contributed by atoms with Crippen molar-refractivity contribution >= 4 is 28.1 Å². The maximum atomic E-state index is 10.4. The minimum atomic E-state index is 0.00273. The molecule has 0 fully saturated rings. The molecule has 0 aliphatic carbocycles. The largest absolute Gasteiger partial charge is 0.507 e. The Morgan fingerprint density at radius 2 is 1.91 bits per heavy atom. The molecular weight excluding hydrogens is 294 g/mol. The first-order valence-corrected chi connectivity index (χ1v) is 8.44. The smallest absolute Gasteiger partial charge is 0.125 e. The Bertz CT molecular complexity index is 704. The molecule has 0 bridgehead atoms. The number of nitrogens with zero attached hydrogens (tertiary/aromatic N) is 1. The number of anilines is 1. The van der Waals surface area contributed by atoms with Crippen LogP contribution in [0.5, 0.6) is 5.75 Å². The highest BCUT2D eigenvalue weighted by atomic mass is 35.5. The first-order valence-electron chi connectivity index (χ1n) is 8.01. The molecule has 0 saturated carbocycles. The fourth-order valence-electron chi connectivity index (χ4n) is 3.58. The highest BCUT2D eigenvalue weighted by molar-refractivity contribution is 6.21. The van der Waals surface area contributed by atoms with Crippen LogP contribution in [-0.4, -0.2) is 22.6 Å². The van der Waals surface area contributed by atoms with Gasteiger partial charge in [0.1, 0.15) is 5.75 Å². The molecule has 0 radical (unpaired) electrons. The zero-order chi connectivity index (χ0) is 16.1. The van der Waals surface area contributed by atoms with Crippen LogP contribution in [0.3, 0.4) is 0 Å². The van der Waals surface area contributed by atoms with Gasteiger partial charge in [-0.15, -0.1) is 11.6 Å². The van der Waals surface area contributed by atoms with Gasteiger partial charge in [-0.3, -0.25) is 0 Å². The summed E-state index contributed by atoms with van der Waals surface area (Å²) in [5.41, 5.74) is 2.43. The minimum absolute atomic E-state index is 0.00273. The third-order valence-corrected chi connectivity index (χ3v) is 5.33. The van der Waals surface area contributed by atoms with Crippen molar-refractivity contribution < 1.29 is 5.11 Å². The Hall–Kier alpha value is -1.41. The van der Waals surface area contributed by atoms with Crippen molar-refractivity contribution in [3.8, 4) is 5.75 Å². The van der Waals surface area contributed by atoms with Crippen molar-refractivity contribution in [1.82, 2.24) is 0 Å². The summed E-state index contributed by atoms with van der Waals surface area (Å²) in [5.74, 6) is 0.651. The van der Waals surface area contributed by atoms with Gasteiger partial charge in [0.25, 0.3) is 0 Å². The van der Waals surface area contributed by atoms with Crippen molar-refractivity contribution in [2.45, 2.75) is 50.9 Å². The number of hydrogen-bond donors (Lipinski definition) is 1. The Morgan fingerprint density at radius 1 is 1.27 bits per heavy atom. The van der Waals surface area contributed by atoms with Crippen molar-refractivity contribution in [2.75, 3.05) is 11.4 Å². The second-order valence-corrected chi connectivity index (χ2v) is 7.75. The molecule has 0 spiro atoms. The van der Waals surface area contributed by atoms with Crippen LogP contribution in [0.1, 0.15) is 45.6 Å². The second-order valence-electron chi connectivity index (χ2n) is 7.19. The number of benzene rings is 2. The van der Waals surface area contributed by atoms with Crippen LogP contribution in [0.4, 0.5) is 5.69 Å². The van der Waals surface area contributed by atoms with Gasteiger partial charge in [-0.25, -0.2) is 0 Å². The van der Waals surface area contributed by atoms with Gasteiger partial charge in [-0.05, 0) is 38.1 Å². The molecule has 22 heavy (non-hydrogen) atoms. The molecule has 1 aliphatic heterocycles. The van der Waals surface area contributed by atoms with Gasteiger partial charge in [0.2, 0.25) is 0 Å². The zero-order valence-electron chi connectivity index (χ0n) is 13.7. The molecule has 0 saturated heterocycles. The van der Waals surface area contributed by atoms with Gasteiger partial charge < -0.3 is 10.0 Å². The van der Waals surface area contributed by atoms with Crippen molar-refractivity contribution in [1.29, 1.82) is 0 Å². The van der Waals surface area contributed by atoms with Gasteiger partial charge in [-0.2, -0.15) is 0 Å². The van der Waals surface area contributed by atoms with Crippen LogP contribution in [0, 0.1) is 0 Å². The number of phenols is 1. The lowest BCUT2D eigenvalue weighted by Crippen LogP contribution is -2.41. The summed E-state index contributed by atoms with van der Waals surface area (Å²) in [6.45, 7) is 9.68. The van der Waals surface area contributed by atoms with Gasteiger partial charge in [-0.1, -0.05) is 31.2 Å². The van der Waals surface area contributed by atoms with E-state index in [0.717, 1.165) is 29.4 Å². The molecule has 1 N–H and O–H groups in total. The molecule has 0 aromatic heterocycles. The number of rotatable bonds is 2. The van der Waals surface area contributed by atoms with Gasteiger partial charge in [0.15, 0.2) is 0 Å². The summed E-state index contributed by atoms with van der Waals surface area (Å²) >= 11 is 6.67. The van der Waals surface area contributed by atoms with Gasteiger partial charge in [0.05, 0.1) is 0 Å². The van der Waals surface area contributed by atoms with Crippen LogP contribution < -0.4 is 4.90 Å². The molecule has 118 valence electrons. The van der Waals surface area contributed by atoms with E-state index < -0.39 is 0 Å². The lowest BCUT2D eigenvalue weighted by molar-refractivity contribution is 0.478. The summed E-state index contributed by atoms with van der Waals surface area (Å²) in [6, 6.07) is 10.0. The number of fused-ring (bicyclic) bond motifs is 3. The monoisotopic (exact) mass is 317 g/mol. The standard InChI is InChI=1S/C19H24ClNO/c1-5-15(20)14-11-21(19(2,3)4)16-10-17(22)12-8-6-7-9-13(12)18(14)16/h6-10,14-15,22H,5,11H2,1-4H3. The third kappa shape index (κ3) is 2.34. The van der Waals surface area contributed by atoms with E-state index in [1.54, 1.807) is 0 Å². The van der Waals surface area contributed by atoms with Crippen molar-refractivity contribution in [2.24, 2.45) is 0 Å². The van der Waals surface area contributed by atoms with Crippen LogP contribution >= 0.6 is 11.6 Å². The average Bonchev–Trinajstić information content (AvgIpc) is 2.86. The second kappa shape index (κ2) is 5.34. The van der Waals surface area contributed by atoms with Crippen molar-refractivity contribution in [3.63, 3.8) is 0 Å². The SMILES string of the molecule is CCC(Cl)C1CN(C(C)(C)C)c2cc(O)c3ccccc3c21. The molecule has 3 rings (SSSR count). The predicted octanol–water partition coefficient (Wildman–Crippen LogP) is 5.26. The van der Waals surface area contributed by atoms with Crippen molar-refractivity contribution in [3.05, 3.63) is 35.9 Å². The lowest BCUT2D eigenvalue weighted by atomic mass is 9.91.